The second-order valence-corrected chi connectivity index (χ2v) is 6.80. The zero-order chi connectivity index (χ0) is 18.7. The van der Waals surface area contributed by atoms with E-state index in [0.29, 0.717) is 22.1 Å². The molecule has 8 nitrogen and oxygen atoms in total. The number of carbonyl (C=O) groups is 2. The molecular weight excluding hydrogens is 344 g/mol. The number of amides is 1. The van der Waals surface area contributed by atoms with Crippen molar-refractivity contribution in [2.75, 3.05) is 5.32 Å². The number of hydrogen-bond acceptors (Lipinski definition) is 7. The van der Waals surface area contributed by atoms with Crippen molar-refractivity contribution >= 4 is 28.3 Å². The Morgan fingerprint density at radius 1 is 1.28 bits per heavy atom. The Labute approximate surface area is 148 Å². The van der Waals surface area contributed by atoms with Crippen LogP contribution in [0, 0.1) is 20.8 Å². The number of aryl methyl sites for hydroxylation is 3. The summed E-state index contributed by atoms with van der Waals surface area (Å²) in [4.78, 5) is 44.8. The van der Waals surface area contributed by atoms with Crippen LogP contribution < -0.4 is 10.9 Å². The number of rotatable bonds is 5. The lowest BCUT2D eigenvalue weighted by Crippen LogP contribution is -2.29. The summed E-state index contributed by atoms with van der Waals surface area (Å²) in [6.45, 7) is 8.38. The van der Waals surface area contributed by atoms with Gasteiger partial charge < -0.3 is 10.1 Å². The van der Waals surface area contributed by atoms with Crippen molar-refractivity contribution in [3.05, 3.63) is 38.5 Å². The van der Waals surface area contributed by atoms with Crippen LogP contribution in [0.25, 0.3) is 0 Å². The van der Waals surface area contributed by atoms with Gasteiger partial charge in [-0.1, -0.05) is 11.3 Å². The van der Waals surface area contributed by atoms with E-state index in [9.17, 15) is 14.4 Å². The van der Waals surface area contributed by atoms with E-state index >= 15 is 0 Å². The van der Waals surface area contributed by atoms with Crippen molar-refractivity contribution in [1.82, 2.24) is 14.5 Å². The Bertz CT molecular complexity index is 870. The molecule has 0 unspecified atom stereocenters. The van der Waals surface area contributed by atoms with E-state index in [1.807, 2.05) is 0 Å². The first-order valence-electron chi connectivity index (χ1n) is 7.70. The molecule has 0 radical (unpaired) electrons. The highest BCUT2D eigenvalue weighted by Gasteiger charge is 2.19. The Morgan fingerprint density at radius 3 is 2.56 bits per heavy atom. The first-order valence-corrected chi connectivity index (χ1v) is 8.52. The molecule has 0 aromatic carbocycles. The summed E-state index contributed by atoms with van der Waals surface area (Å²) in [6, 6.07) is 1.37. The minimum atomic E-state index is -0.472. The van der Waals surface area contributed by atoms with E-state index in [-0.39, 0.29) is 23.3 Å². The van der Waals surface area contributed by atoms with Gasteiger partial charge in [0.05, 0.1) is 11.8 Å². The van der Waals surface area contributed by atoms with Crippen LogP contribution in [-0.2, 0) is 16.1 Å². The summed E-state index contributed by atoms with van der Waals surface area (Å²) in [7, 11) is 0. The van der Waals surface area contributed by atoms with Gasteiger partial charge in [-0.05, 0) is 34.6 Å². The summed E-state index contributed by atoms with van der Waals surface area (Å²) in [5.41, 5.74) is 0.788. The molecule has 1 amide bonds. The first kappa shape index (κ1) is 18.8. The molecule has 2 aromatic rings. The Hall–Kier alpha value is -2.55. The summed E-state index contributed by atoms with van der Waals surface area (Å²) < 4.78 is 6.41. The highest BCUT2D eigenvalue weighted by atomic mass is 32.1. The van der Waals surface area contributed by atoms with E-state index in [1.54, 1.807) is 34.6 Å². The van der Waals surface area contributed by atoms with E-state index in [2.05, 4.69) is 15.3 Å². The van der Waals surface area contributed by atoms with Gasteiger partial charge in [0.15, 0.2) is 5.13 Å². The molecule has 0 saturated carbocycles. The topological polar surface area (TPSA) is 103 Å². The number of nitrogens with zero attached hydrogens (tertiary/aromatic N) is 3. The molecule has 0 aliphatic rings. The average molecular weight is 364 g/mol. The number of aromatic nitrogens is 3. The lowest BCUT2D eigenvalue weighted by atomic mass is 10.4. The molecule has 9 heteroatoms. The number of hydrogen-bond donors (Lipinski definition) is 1. The molecule has 134 valence electrons. The van der Waals surface area contributed by atoms with Gasteiger partial charge in [0.2, 0.25) is 5.91 Å². The zero-order valence-electron chi connectivity index (χ0n) is 14.7. The van der Waals surface area contributed by atoms with Crippen LogP contribution in [0.4, 0.5) is 5.13 Å². The van der Waals surface area contributed by atoms with Gasteiger partial charge in [-0.25, -0.2) is 14.8 Å². The SMILES string of the molecule is Cc1cc(=O)n(CC(=O)Nc2nc(C)c(C(=O)OC(C)C)s2)c(C)n1. The maximum Gasteiger partial charge on any atom is 0.350 e. The molecule has 2 heterocycles. The maximum atomic E-state index is 12.2. The monoisotopic (exact) mass is 364 g/mol. The number of thiazole rings is 1. The van der Waals surface area contributed by atoms with Crippen LogP contribution >= 0.6 is 11.3 Å². The third-order valence-electron chi connectivity index (χ3n) is 3.20. The summed E-state index contributed by atoms with van der Waals surface area (Å²) in [5.74, 6) is -0.439. The highest BCUT2D eigenvalue weighted by molar-refractivity contribution is 7.17. The Kier molecular flexibility index (Phi) is 5.68. The van der Waals surface area contributed by atoms with Crippen molar-refractivity contribution < 1.29 is 14.3 Å². The van der Waals surface area contributed by atoms with Gasteiger partial charge >= 0.3 is 5.97 Å². The number of esters is 1. The second-order valence-electron chi connectivity index (χ2n) is 5.80. The standard InChI is InChI=1S/C16H20N4O4S/c1-8(2)24-15(23)14-10(4)18-16(25-14)19-12(21)7-20-11(5)17-9(3)6-13(20)22/h6,8H,7H2,1-5H3,(H,18,19,21). The predicted molar refractivity (Wildman–Crippen MR) is 94.0 cm³/mol. The zero-order valence-corrected chi connectivity index (χ0v) is 15.6. The van der Waals surface area contributed by atoms with Crippen LogP contribution in [0.2, 0.25) is 0 Å². The fourth-order valence-electron chi connectivity index (χ4n) is 2.17. The van der Waals surface area contributed by atoms with Crippen LogP contribution in [0.5, 0.6) is 0 Å². The largest absolute Gasteiger partial charge is 0.459 e. The van der Waals surface area contributed by atoms with Crippen LogP contribution in [0.15, 0.2) is 10.9 Å². The molecule has 0 fully saturated rings. The molecule has 0 aliphatic carbocycles. The molecule has 0 aliphatic heterocycles. The summed E-state index contributed by atoms with van der Waals surface area (Å²) in [6.07, 6.45) is -0.240. The molecule has 0 bridgehead atoms. The van der Waals surface area contributed by atoms with Crippen LogP contribution in [0.3, 0.4) is 0 Å². The minimum Gasteiger partial charge on any atom is -0.459 e. The normalized spacial score (nSPS) is 10.8. The quantitative estimate of drug-likeness (QED) is 0.812. The van der Waals surface area contributed by atoms with Crippen molar-refractivity contribution in [1.29, 1.82) is 0 Å². The van der Waals surface area contributed by atoms with E-state index < -0.39 is 11.9 Å². The van der Waals surface area contributed by atoms with Crippen molar-refractivity contribution in [3.63, 3.8) is 0 Å². The number of nitrogens with one attached hydrogen (secondary N) is 1. The molecule has 0 saturated heterocycles. The lowest BCUT2D eigenvalue weighted by Gasteiger charge is -2.08. The van der Waals surface area contributed by atoms with Crippen molar-refractivity contribution in [3.8, 4) is 0 Å². The van der Waals surface area contributed by atoms with Crippen molar-refractivity contribution in [2.24, 2.45) is 0 Å². The van der Waals surface area contributed by atoms with E-state index in [4.69, 9.17) is 4.74 Å². The van der Waals surface area contributed by atoms with Crippen LogP contribution in [-0.4, -0.2) is 32.5 Å². The van der Waals surface area contributed by atoms with E-state index in [0.717, 1.165) is 11.3 Å². The smallest absolute Gasteiger partial charge is 0.350 e. The summed E-state index contributed by atoms with van der Waals surface area (Å²) >= 11 is 1.04. The molecule has 2 rings (SSSR count). The van der Waals surface area contributed by atoms with E-state index in [1.165, 1.54) is 10.6 Å². The Morgan fingerprint density at radius 2 is 1.96 bits per heavy atom. The number of carbonyl (C=O) groups excluding carboxylic acids is 2. The molecule has 25 heavy (non-hydrogen) atoms. The van der Waals surface area contributed by atoms with Gasteiger partial charge in [0, 0.05) is 11.8 Å². The van der Waals surface area contributed by atoms with Crippen LogP contribution in [0.1, 0.15) is 40.7 Å². The molecule has 1 N–H and O–H groups in total. The molecule has 0 spiro atoms. The number of anilines is 1. The predicted octanol–water partition coefficient (Wildman–Crippen LogP) is 1.83. The molecular formula is C16H20N4O4S. The van der Waals surface area contributed by atoms with Gasteiger partial charge in [0.1, 0.15) is 17.2 Å². The van der Waals surface area contributed by atoms with Crippen molar-refractivity contribution in [2.45, 2.75) is 47.3 Å². The fraction of sp³-hybridized carbons (Fsp3) is 0.438. The first-order chi connectivity index (χ1) is 11.7. The average Bonchev–Trinajstić information content (AvgIpc) is 2.82. The number of ether oxygens (including phenoxy) is 1. The minimum absolute atomic E-state index is 0.178. The molecule has 0 atom stereocenters. The van der Waals surface area contributed by atoms with Gasteiger partial charge in [-0.2, -0.15) is 0 Å². The third kappa shape index (κ3) is 4.72. The van der Waals surface area contributed by atoms with Gasteiger partial charge in [-0.15, -0.1) is 0 Å². The maximum absolute atomic E-state index is 12.2. The lowest BCUT2D eigenvalue weighted by molar-refractivity contribution is -0.116. The second kappa shape index (κ2) is 7.56. The van der Waals surface area contributed by atoms with Gasteiger partial charge in [-0.3, -0.25) is 14.2 Å². The summed E-state index contributed by atoms with van der Waals surface area (Å²) in [5, 5.41) is 2.88. The van der Waals surface area contributed by atoms with Gasteiger partial charge in [0.25, 0.3) is 5.56 Å². The highest BCUT2D eigenvalue weighted by Crippen LogP contribution is 2.23. The fourth-order valence-corrected chi connectivity index (χ4v) is 3.03. The third-order valence-corrected chi connectivity index (χ3v) is 4.25. The molecule has 2 aromatic heterocycles. The Balaban J connectivity index is 2.12.